The van der Waals surface area contributed by atoms with E-state index >= 15 is 0 Å². The quantitative estimate of drug-likeness (QED) is 0.482. The smallest absolute Gasteiger partial charge is 0.126 e. The van der Waals surface area contributed by atoms with Gasteiger partial charge in [0.1, 0.15) is 11.6 Å². The molecule has 0 radical (unpaired) electrons. The fourth-order valence-electron chi connectivity index (χ4n) is 1.96. The number of aryl methyl sites for hydroxylation is 2. The lowest BCUT2D eigenvalue weighted by Gasteiger charge is -2.10. The number of thioether (sulfide) groups is 1. The van der Waals surface area contributed by atoms with E-state index in [1.807, 2.05) is 6.92 Å². The molecule has 2 aromatic rings. The monoisotopic (exact) mass is 305 g/mol. The van der Waals surface area contributed by atoms with E-state index in [-0.39, 0.29) is 5.82 Å². The Kier molecular flexibility index (Phi) is 5.51. The predicted molar refractivity (Wildman–Crippen MR) is 87.6 cm³/mol. The molecule has 0 aliphatic heterocycles. The van der Waals surface area contributed by atoms with Crippen molar-refractivity contribution in [2.45, 2.75) is 25.2 Å². The molecule has 0 spiro atoms. The first-order valence-electron chi connectivity index (χ1n) is 6.93. The summed E-state index contributed by atoms with van der Waals surface area (Å²) in [5.41, 5.74) is 8.42. The normalized spacial score (nSPS) is 10.6. The molecule has 0 bridgehead atoms. The van der Waals surface area contributed by atoms with Gasteiger partial charge in [0, 0.05) is 16.3 Å². The number of benzene rings is 2. The highest BCUT2D eigenvalue weighted by Crippen LogP contribution is 2.23. The van der Waals surface area contributed by atoms with E-state index in [2.05, 4.69) is 25.1 Å². The van der Waals surface area contributed by atoms with Gasteiger partial charge in [0.25, 0.3) is 0 Å². The fourth-order valence-corrected chi connectivity index (χ4v) is 2.87. The van der Waals surface area contributed by atoms with Crippen molar-refractivity contribution in [3.8, 4) is 5.75 Å². The van der Waals surface area contributed by atoms with Crippen LogP contribution < -0.4 is 10.5 Å². The Labute approximate surface area is 129 Å². The molecule has 0 unspecified atom stereocenters. The molecule has 112 valence electrons. The number of anilines is 1. The van der Waals surface area contributed by atoms with Gasteiger partial charge >= 0.3 is 0 Å². The summed E-state index contributed by atoms with van der Waals surface area (Å²) in [5, 5.41) is 0. The van der Waals surface area contributed by atoms with Gasteiger partial charge in [-0.05, 0) is 55.7 Å². The molecule has 2 rings (SSSR count). The van der Waals surface area contributed by atoms with Gasteiger partial charge < -0.3 is 10.5 Å². The molecule has 4 heteroatoms. The summed E-state index contributed by atoms with van der Waals surface area (Å²) >= 11 is 1.59. The second kappa shape index (κ2) is 7.36. The average molecular weight is 305 g/mol. The Morgan fingerprint density at radius 2 is 1.95 bits per heavy atom. The topological polar surface area (TPSA) is 35.2 Å². The first-order chi connectivity index (χ1) is 10.0. The highest BCUT2D eigenvalue weighted by molar-refractivity contribution is 7.99. The number of ether oxygens (including phenoxy) is 1. The third kappa shape index (κ3) is 4.97. The highest BCUT2D eigenvalue weighted by atomic mass is 32.2. The van der Waals surface area contributed by atoms with Crippen LogP contribution in [0.1, 0.15) is 17.5 Å². The van der Waals surface area contributed by atoms with Crippen molar-refractivity contribution in [1.29, 1.82) is 0 Å². The zero-order chi connectivity index (χ0) is 15.2. The Morgan fingerprint density at radius 1 is 1.14 bits per heavy atom. The minimum Gasteiger partial charge on any atom is -0.493 e. The van der Waals surface area contributed by atoms with E-state index in [0.29, 0.717) is 12.3 Å². The molecule has 0 saturated heterocycles. The van der Waals surface area contributed by atoms with Gasteiger partial charge in [-0.3, -0.25) is 0 Å². The first-order valence-corrected chi connectivity index (χ1v) is 7.92. The minimum atomic E-state index is -0.288. The van der Waals surface area contributed by atoms with Crippen molar-refractivity contribution in [3.63, 3.8) is 0 Å². The van der Waals surface area contributed by atoms with Crippen molar-refractivity contribution in [3.05, 3.63) is 53.3 Å². The molecule has 0 aromatic heterocycles. The van der Waals surface area contributed by atoms with Gasteiger partial charge in [0.2, 0.25) is 0 Å². The molecule has 0 amide bonds. The molecular formula is C17H20FNOS. The molecule has 2 N–H and O–H groups in total. The predicted octanol–water partition coefficient (Wildman–Crippen LogP) is 4.59. The van der Waals surface area contributed by atoms with Gasteiger partial charge in [-0.2, -0.15) is 0 Å². The SMILES string of the molecule is Cc1ccc(C)c(OCCCSc2cc(N)cc(F)c2)c1. The lowest BCUT2D eigenvalue weighted by atomic mass is 10.1. The molecule has 0 heterocycles. The minimum absolute atomic E-state index is 0.288. The van der Waals surface area contributed by atoms with Crippen LogP contribution in [0.3, 0.4) is 0 Å². The maximum absolute atomic E-state index is 13.2. The highest BCUT2D eigenvalue weighted by Gasteiger charge is 2.02. The van der Waals surface area contributed by atoms with Crippen LogP contribution in [-0.2, 0) is 0 Å². The number of nitrogens with two attached hydrogens (primary N) is 1. The van der Waals surface area contributed by atoms with Crippen LogP contribution in [-0.4, -0.2) is 12.4 Å². The lowest BCUT2D eigenvalue weighted by molar-refractivity contribution is 0.316. The second-order valence-electron chi connectivity index (χ2n) is 5.04. The molecular weight excluding hydrogens is 285 g/mol. The van der Waals surface area contributed by atoms with Gasteiger partial charge in [-0.15, -0.1) is 11.8 Å². The van der Waals surface area contributed by atoms with Gasteiger partial charge in [-0.1, -0.05) is 12.1 Å². The van der Waals surface area contributed by atoms with E-state index in [1.54, 1.807) is 17.8 Å². The fraction of sp³-hybridized carbons (Fsp3) is 0.294. The van der Waals surface area contributed by atoms with Crippen LogP contribution in [0.15, 0.2) is 41.3 Å². The van der Waals surface area contributed by atoms with Crippen molar-refractivity contribution in [1.82, 2.24) is 0 Å². The molecule has 0 fully saturated rings. The number of hydrogen-bond acceptors (Lipinski definition) is 3. The maximum Gasteiger partial charge on any atom is 0.126 e. The zero-order valence-electron chi connectivity index (χ0n) is 12.4. The lowest BCUT2D eigenvalue weighted by Crippen LogP contribution is -2.00. The summed E-state index contributed by atoms with van der Waals surface area (Å²) in [7, 11) is 0. The van der Waals surface area contributed by atoms with Crippen LogP contribution in [0.4, 0.5) is 10.1 Å². The molecule has 0 atom stereocenters. The number of rotatable bonds is 6. The van der Waals surface area contributed by atoms with Gasteiger partial charge in [0.05, 0.1) is 6.61 Å². The van der Waals surface area contributed by atoms with Crippen LogP contribution >= 0.6 is 11.8 Å². The number of halogens is 1. The molecule has 0 aliphatic carbocycles. The summed E-state index contributed by atoms with van der Waals surface area (Å²) in [4.78, 5) is 0.860. The van der Waals surface area contributed by atoms with Crippen LogP contribution in [0.5, 0.6) is 5.75 Å². The molecule has 0 saturated carbocycles. The number of hydrogen-bond donors (Lipinski definition) is 1. The van der Waals surface area contributed by atoms with Crippen LogP contribution in [0.2, 0.25) is 0 Å². The Morgan fingerprint density at radius 3 is 2.71 bits per heavy atom. The van der Waals surface area contributed by atoms with E-state index in [4.69, 9.17) is 10.5 Å². The van der Waals surface area contributed by atoms with Crippen LogP contribution in [0.25, 0.3) is 0 Å². The summed E-state index contributed by atoms with van der Waals surface area (Å²) < 4.78 is 19.0. The summed E-state index contributed by atoms with van der Waals surface area (Å²) in [5.74, 6) is 1.52. The summed E-state index contributed by atoms with van der Waals surface area (Å²) in [6, 6.07) is 10.8. The second-order valence-corrected chi connectivity index (χ2v) is 6.21. The molecule has 21 heavy (non-hydrogen) atoms. The third-order valence-corrected chi connectivity index (χ3v) is 4.11. The number of nitrogen functional groups attached to an aromatic ring is 1. The molecule has 0 aliphatic rings. The van der Waals surface area contributed by atoms with Gasteiger partial charge in [0.15, 0.2) is 0 Å². The Balaban J connectivity index is 1.76. The zero-order valence-corrected chi connectivity index (χ0v) is 13.2. The standard InChI is InChI=1S/C17H20FNOS/c1-12-4-5-13(2)17(8-12)20-6-3-7-21-16-10-14(18)9-15(19)11-16/h4-5,8-11H,3,6-7,19H2,1-2H3. The van der Waals surface area contributed by atoms with Crippen molar-refractivity contribution >= 4 is 17.4 Å². The summed E-state index contributed by atoms with van der Waals surface area (Å²) in [6.45, 7) is 4.75. The van der Waals surface area contributed by atoms with Crippen LogP contribution in [0, 0.1) is 19.7 Å². The van der Waals surface area contributed by atoms with E-state index in [1.165, 1.54) is 17.7 Å². The van der Waals surface area contributed by atoms with Crippen molar-refractivity contribution in [2.75, 3.05) is 18.1 Å². The Hall–Kier alpha value is -1.68. The maximum atomic E-state index is 13.2. The average Bonchev–Trinajstić information content (AvgIpc) is 2.41. The van der Waals surface area contributed by atoms with Crippen molar-refractivity contribution < 1.29 is 9.13 Å². The molecule has 2 nitrogen and oxygen atoms in total. The van der Waals surface area contributed by atoms with Gasteiger partial charge in [-0.25, -0.2) is 4.39 Å². The summed E-state index contributed by atoms with van der Waals surface area (Å²) in [6.07, 6.45) is 0.897. The largest absolute Gasteiger partial charge is 0.493 e. The van der Waals surface area contributed by atoms with E-state index < -0.39 is 0 Å². The third-order valence-electron chi connectivity index (χ3n) is 3.05. The Bertz CT molecular complexity index is 595. The van der Waals surface area contributed by atoms with Crippen molar-refractivity contribution in [2.24, 2.45) is 0 Å². The van der Waals surface area contributed by atoms with E-state index in [0.717, 1.165) is 28.4 Å². The molecule has 2 aromatic carbocycles. The van der Waals surface area contributed by atoms with E-state index in [9.17, 15) is 4.39 Å². The first kappa shape index (κ1) is 15.7.